The van der Waals surface area contributed by atoms with Crippen LogP contribution in [0.5, 0.6) is 0 Å². The minimum Gasteiger partial charge on any atom is -0.444 e. The predicted molar refractivity (Wildman–Crippen MR) is 119 cm³/mol. The smallest absolute Gasteiger partial charge is 0.407 e. The fourth-order valence-corrected chi connectivity index (χ4v) is 6.31. The molecule has 6 heteroatoms. The Morgan fingerprint density at radius 3 is 2.06 bits per heavy atom. The molecule has 2 aromatic rings. The number of rotatable bonds is 2. The zero-order chi connectivity index (χ0) is 23.0. The number of alkyl carbamates (subject to hydrolysis) is 1. The molecule has 3 aliphatic carbocycles. The minimum absolute atomic E-state index is 0.150. The first-order valence-electron chi connectivity index (χ1n) is 11.1. The fraction of sp³-hybridized carbons (Fsp3) is 0.423. The van der Waals surface area contributed by atoms with Crippen molar-refractivity contribution in [3.8, 4) is 0 Å². The number of benzene rings is 2. The highest BCUT2D eigenvalue weighted by molar-refractivity contribution is 6.08. The standard InChI is InChI=1S/C26H28N2O4/c1-14(27-24(31)32-25(2,3)4)26-17-12-8-6-10-15(17)19(16-11-7-9-13-18(16)26)20-21(26)23(30)28(5)22(20)29/h6-14,19-21H,1-5H3,(H,27,31)/t14-,19?,20+,21-,26?/m1/s1. The zero-order valence-electron chi connectivity index (χ0n) is 19.0. The summed E-state index contributed by atoms with van der Waals surface area (Å²) in [6, 6.07) is 15.6. The number of carbonyl (C=O) groups excluding carboxylic acids is 3. The third-order valence-electron chi connectivity index (χ3n) is 7.32. The maximum absolute atomic E-state index is 13.5. The van der Waals surface area contributed by atoms with E-state index in [1.807, 2.05) is 64.1 Å². The van der Waals surface area contributed by atoms with E-state index < -0.39 is 35.0 Å². The number of amides is 3. The van der Waals surface area contributed by atoms with Crippen molar-refractivity contribution in [2.45, 2.75) is 50.7 Å². The molecule has 1 N–H and O–H groups in total. The summed E-state index contributed by atoms with van der Waals surface area (Å²) in [6.45, 7) is 7.36. The molecule has 0 spiro atoms. The van der Waals surface area contributed by atoms with Crippen molar-refractivity contribution in [2.24, 2.45) is 11.8 Å². The zero-order valence-corrected chi connectivity index (χ0v) is 19.0. The first-order valence-corrected chi connectivity index (χ1v) is 11.1. The molecule has 0 saturated carbocycles. The minimum atomic E-state index is -0.874. The average molecular weight is 433 g/mol. The van der Waals surface area contributed by atoms with Gasteiger partial charge in [-0.25, -0.2) is 4.79 Å². The van der Waals surface area contributed by atoms with Crippen molar-refractivity contribution in [3.63, 3.8) is 0 Å². The molecule has 0 unspecified atom stereocenters. The topological polar surface area (TPSA) is 75.7 Å². The van der Waals surface area contributed by atoms with Gasteiger partial charge in [-0.15, -0.1) is 0 Å². The normalized spacial score (nSPS) is 28.7. The number of nitrogens with one attached hydrogen (secondary N) is 1. The number of hydrogen-bond acceptors (Lipinski definition) is 4. The van der Waals surface area contributed by atoms with Crippen molar-refractivity contribution in [1.29, 1.82) is 0 Å². The van der Waals surface area contributed by atoms with Gasteiger partial charge in [0.15, 0.2) is 0 Å². The van der Waals surface area contributed by atoms with Crippen molar-refractivity contribution in [3.05, 3.63) is 70.8 Å². The largest absolute Gasteiger partial charge is 0.444 e. The Labute approximate surface area is 187 Å². The van der Waals surface area contributed by atoms with Gasteiger partial charge in [0.1, 0.15) is 5.60 Å². The summed E-state index contributed by atoms with van der Waals surface area (Å²) < 4.78 is 5.55. The van der Waals surface area contributed by atoms with E-state index in [0.717, 1.165) is 22.3 Å². The van der Waals surface area contributed by atoms with Gasteiger partial charge in [-0.2, -0.15) is 0 Å². The van der Waals surface area contributed by atoms with Crippen LogP contribution < -0.4 is 5.32 Å². The lowest BCUT2D eigenvalue weighted by Gasteiger charge is -2.56. The molecule has 1 fully saturated rings. The van der Waals surface area contributed by atoms with Gasteiger partial charge in [0.2, 0.25) is 11.8 Å². The van der Waals surface area contributed by atoms with Gasteiger partial charge in [0, 0.05) is 19.0 Å². The Bertz CT molecular complexity index is 1100. The number of likely N-dealkylation sites (tertiary alicyclic amines) is 1. The Balaban J connectivity index is 1.76. The summed E-state index contributed by atoms with van der Waals surface area (Å²) in [5, 5.41) is 3.02. The molecule has 0 radical (unpaired) electrons. The molecular weight excluding hydrogens is 404 g/mol. The molecule has 6 rings (SSSR count). The van der Waals surface area contributed by atoms with Crippen molar-refractivity contribution < 1.29 is 19.1 Å². The fourth-order valence-electron chi connectivity index (χ4n) is 6.31. The number of hydrogen-bond donors (Lipinski definition) is 1. The van der Waals surface area contributed by atoms with E-state index >= 15 is 0 Å². The molecule has 166 valence electrons. The van der Waals surface area contributed by atoms with Gasteiger partial charge in [-0.1, -0.05) is 48.5 Å². The predicted octanol–water partition coefficient (Wildman–Crippen LogP) is 3.58. The molecule has 3 amide bonds. The van der Waals surface area contributed by atoms with Crippen molar-refractivity contribution in [1.82, 2.24) is 10.2 Å². The van der Waals surface area contributed by atoms with Crippen LogP contribution in [-0.2, 0) is 19.7 Å². The SMILES string of the molecule is C[C@@H](NC(=O)OC(C)(C)C)C12c3ccccc3C(c3ccccc31)[C@@H]1C(=O)N(C)C(=O)[C@@H]12. The highest BCUT2D eigenvalue weighted by Gasteiger charge is 2.69. The van der Waals surface area contributed by atoms with Gasteiger partial charge >= 0.3 is 6.09 Å². The molecule has 3 atom stereocenters. The summed E-state index contributed by atoms with van der Waals surface area (Å²) in [5.74, 6) is -1.58. The molecule has 32 heavy (non-hydrogen) atoms. The second kappa shape index (κ2) is 6.67. The Morgan fingerprint density at radius 1 is 1.00 bits per heavy atom. The lowest BCUT2D eigenvalue weighted by Crippen LogP contribution is -2.62. The molecule has 4 aliphatic rings. The monoisotopic (exact) mass is 432 g/mol. The molecule has 0 aromatic heterocycles. The highest BCUT2D eigenvalue weighted by atomic mass is 16.6. The van der Waals surface area contributed by atoms with Crippen LogP contribution in [0.1, 0.15) is 55.9 Å². The van der Waals surface area contributed by atoms with Crippen LogP contribution in [0.2, 0.25) is 0 Å². The van der Waals surface area contributed by atoms with Crippen molar-refractivity contribution >= 4 is 17.9 Å². The van der Waals surface area contributed by atoms with Gasteiger partial charge in [-0.05, 0) is 49.9 Å². The Hall–Kier alpha value is -3.15. The molecular formula is C26H28N2O4. The van der Waals surface area contributed by atoms with Crippen LogP contribution in [0, 0.1) is 11.8 Å². The number of imide groups is 1. The lowest BCUT2D eigenvalue weighted by atomic mass is 9.45. The second-order valence-corrected chi connectivity index (χ2v) is 10.1. The van der Waals surface area contributed by atoms with Gasteiger partial charge in [-0.3, -0.25) is 14.5 Å². The van der Waals surface area contributed by atoms with E-state index in [1.165, 1.54) is 4.90 Å². The molecule has 2 bridgehead atoms. The van der Waals surface area contributed by atoms with E-state index in [-0.39, 0.29) is 17.7 Å². The van der Waals surface area contributed by atoms with Gasteiger partial charge in [0.05, 0.1) is 17.3 Å². The van der Waals surface area contributed by atoms with Gasteiger partial charge < -0.3 is 10.1 Å². The van der Waals surface area contributed by atoms with E-state index in [4.69, 9.17) is 4.74 Å². The van der Waals surface area contributed by atoms with E-state index in [2.05, 4.69) is 17.4 Å². The van der Waals surface area contributed by atoms with E-state index in [1.54, 1.807) is 7.05 Å². The summed E-state index contributed by atoms with van der Waals surface area (Å²) in [5.41, 5.74) is 2.60. The van der Waals surface area contributed by atoms with Crippen LogP contribution in [-0.4, -0.2) is 41.5 Å². The van der Waals surface area contributed by atoms with Crippen molar-refractivity contribution in [2.75, 3.05) is 7.05 Å². The maximum atomic E-state index is 13.5. The average Bonchev–Trinajstić information content (AvgIpc) is 2.97. The van der Waals surface area contributed by atoms with Crippen LogP contribution in [0.25, 0.3) is 0 Å². The number of carbonyl (C=O) groups is 3. The van der Waals surface area contributed by atoms with Crippen LogP contribution in [0.4, 0.5) is 4.79 Å². The van der Waals surface area contributed by atoms with Gasteiger partial charge in [0.25, 0.3) is 0 Å². The third kappa shape index (κ3) is 2.55. The summed E-state index contributed by atoms with van der Waals surface area (Å²) >= 11 is 0. The summed E-state index contributed by atoms with van der Waals surface area (Å²) in [6.07, 6.45) is -0.538. The summed E-state index contributed by atoms with van der Waals surface area (Å²) in [7, 11) is 1.57. The molecule has 2 aromatic carbocycles. The second-order valence-electron chi connectivity index (χ2n) is 10.1. The quantitative estimate of drug-likeness (QED) is 0.736. The molecule has 1 saturated heterocycles. The lowest BCUT2D eigenvalue weighted by molar-refractivity contribution is -0.138. The Kier molecular flexibility index (Phi) is 4.32. The third-order valence-corrected chi connectivity index (χ3v) is 7.32. The first-order chi connectivity index (χ1) is 15.1. The van der Waals surface area contributed by atoms with E-state index in [0.29, 0.717) is 0 Å². The van der Waals surface area contributed by atoms with Crippen LogP contribution in [0.15, 0.2) is 48.5 Å². The molecule has 6 nitrogen and oxygen atoms in total. The highest BCUT2D eigenvalue weighted by Crippen LogP contribution is 2.64. The van der Waals surface area contributed by atoms with E-state index in [9.17, 15) is 14.4 Å². The Morgan fingerprint density at radius 2 is 1.53 bits per heavy atom. The molecule has 1 heterocycles. The summed E-state index contributed by atoms with van der Waals surface area (Å²) in [4.78, 5) is 41.0. The first kappa shape index (κ1) is 20.7. The molecule has 1 aliphatic heterocycles. The van der Waals surface area contributed by atoms with Crippen LogP contribution >= 0.6 is 0 Å². The van der Waals surface area contributed by atoms with Crippen LogP contribution in [0.3, 0.4) is 0 Å². The number of nitrogens with zero attached hydrogens (tertiary/aromatic N) is 1. The maximum Gasteiger partial charge on any atom is 0.407 e. The number of ether oxygens (including phenoxy) is 1.